The average molecular weight is 276 g/mol. The summed E-state index contributed by atoms with van der Waals surface area (Å²) in [5, 5.41) is 4.41. The van der Waals surface area contributed by atoms with Crippen molar-refractivity contribution in [1.82, 2.24) is 15.1 Å². The zero-order chi connectivity index (χ0) is 14.3. The van der Waals surface area contributed by atoms with Gasteiger partial charge in [-0.05, 0) is 6.92 Å². The standard InChI is InChI=1S/C12H12N4O4/c1-6-9-10(13-5-14-11(9)20-15-6)16-4-7(3-8(16)17)12(18)19-2/h5,7H,3-4H2,1-2H3. The van der Waals surface area contributed by atoms with Crippen LogP contribution < -0.4 is 4.90 Å². The molecule has 104 valence electrons. The number of ether oxygens (including phenoxy) is 1. The molecule has 0 spiro atoms. The van der Waals surface area contributed by atoms with Crippen LogP contribution in [-0.2, 0) is 14.3 Å². The summed E-state index contributed by atoms with van der Waals surface area (Å²) in [7, 11) is 1.31. The predicted octanol–water partition coefficient (Wildman–Crippen LogP) is 0.452. The highest BCUT2D eigenvalue weighted by molar-refractivity contribution is 6.04. The number of aromatic nitrogens is 3. The van der Waals surface area contributed by atoms with Gasteiger partial charge in [0.15, 0.2) is 5.82 Å². The fraction of sp³-hybridized carbons (Fsp3) is 0.417. The van der Waals surface area contributed by atoms with Gasteiger partial charge in [-0.25, -0.2) is 4.98 Å². The molecule has 0 N–H and O–H groups in total. The van der Waals surface area contributed by atoms with Crippen LogP contribution in [0.1, 0.15) is 12.1 Å². The summed E-state index contributed by atoms with van der Waals surface area (Å²) in [6.07, 6.45) is 1.42. The fourth-order valence-corrected chi connectivity index (χ4v) is 2.35. The monoisotopic (exact) mass is 276 g/mol. The van der Waals surface area contributed by atoms with Crippen molar-refractivity contribution in [2.24, 2.45) is 5.92 Å². The van der Waals surface area contributed by atoms with Gasteiger partial charge >= 0.3 is 5.97 Å². The van der Waals surface area contributed by atoms with E-state index in [9.17, 15) is 9.59 Å². The number of methoxy groups -OCH3 is 1. The van der Waals surface area contributed by atoms with E-state index in [1.165, 1.54) is 18.3 Å². The van der Waals surface area contributed by atoms with Gasteiger partial charge in [0.25, 0.3) is 5.71 Å². The van der Waals surface area contributed by atoms with Gasteiger partial charge in [-0.3, -0.25) is 14.5 Å². The first-order valence-electron chi connectivity index (χ1n) is 6.07. The van der Waals surface area contributed by atoms with Crippen LogP contribution in [0.25, 0.3) is 11.1 Å². The minimum absolute atomic E-state index is 0.114. The van der Waals surface area contributed by atoms with Crippen molar-refractivity contribution in [3.63, 3.8) is 0 Å². The van der Waals surface area contributed by atoms with E-state index >= 15 is 0 Å². The second-order valence-corrected chi connectivity index (χ2v) is 4.57. The number of anilines is 1. The molecule has 2 aromatic heterocycles. The van der Waals surface area contributed by atoms with Gasteiger partial charge in [0.1, 0.15) is 11.7 Å². The number of esters is 1. The lowest BCUT2D eigenvalue weighted by Crippen LogP contribution is -2.27. The first kappa shape index (κ1) is 12.5. The third kappa shape index (κ3) is 1.80. The molecule has 1 saturated heterocycles. The summed E-state index contributed by atoms with van der Waals surface area (Å²) >= 11 is 0. The van der Waals surface area contributed by atoms with E-state index in [0.29, 0.717) is 22.6 Å². The molecule has 20 heavy (non-hydrogen) atoms. The second-order valence-electron chi connectivity index (χ2n) is 4.57. The molecule has 3 heterocycles. The van der Waals surface area contributed by atoms with Crippen molar-refractivity contribution in [1.29, 1.82) is 0 Å². The predicted molar refractivity (Wildman–Crippen MR) is 66.8 cm³/mol. The molecule has 0 radical (unpaired) electrons. The van der Waals surface area contributed by atoms with Gasteiger partial charge in [0.05, 0.1) is 18.7 Å². The van der Waals surface area contributed by atoms with E-state index in [0.717, 1.165) is 0 Å². The van der Waals surface area contributed by atoms with Crippen molar-refractivity contribution in [2.75, 3.05) is 18.6 Å². The summed E-state index contributed by atoms with van der Waals surface area (Å²) in [6, 6.07) is 0. The highest BCUT2D eigenvalue weighted by atomic mass is 16.5. The average Bonchev–Trinajstić information content (AvgIpc) is 3.02. The van der Waals surface area contributed by atoms with Crippen molar-refractivity contribution in [2.45, 2.75) is 13.3 Å². The molecular formula is C12H12N4O4. The van der Waals surface area contributed by atoms with Crippen LogP contribution >= 0.6 is 0 Å². The maximum absolute atomic E-state index is 12.1. The first-order chi connectivity index (χ1) is 9.61. The lowest BCUT2D eigenvalue weighted by Gasteiger charge is -2.15. The van der Waals surface area contributed by atoms with E-state index < -0.39 is 11.9 Å². The Morgan fingerprint density at radius 3 is 3.05 bits per heavy atom. The molecule has 0 saturated carbocycles. The normalized spacial score (nSPS) is 18.8. The molecule has 0 aliphatic carbocycles. The van der Waals surface area contributed by atoms with Crippen LogP contribution in [0.5, 0.6) is 0 Å². The van der Waals surface area contributed by atoms with Crippen molar-refractivity contribution >= 4 is 28.8 Å². The van der Waals surface area contributed by atoms with E-state index in [-0.39, 0.29) is 18.9 Å². The van der Waals surface area contributed by atoms with Gasteiger partial charge in [-0.15, -0.1) is 0 Å². The summed E-state index contributed by atoms with van der Waals surface area (Å²) < 4.78 is 9.73. The van der Waals surface area contributed by atoms with Crippen LogP contribution in [-0.4, -0.2) is 40.7 Å². The number of carbonyl (C=O) groups is 2. The minimum Gasteiger partial charge on any atom is -0.469 e. The zero-order valence-corrected chi connectivity index (χ0v) is 11.0. The first-order valence-corrected chi connectivity index (χ1v) is 6.07. The third-order valence-electron chi connectivity index (χ3n) is 3.34. The van der Waals surface area contributed by atoms with Crippen LogP contribution in [0.15, 0.2) is 10.9 Å². The fourth-order valence-electron chi connectivity index (χ4n) is 2.35. The molecule has 0 bridgehead atoms. The molecule has 2 aromatic rings. The number of carbonyl (C=O) groups excluding carboxylic acids is 2. The number of nitrogens with zero attached hydrogens (tertiary/aromatic N) is 4. The number of fused-ring (bicyclic) bond motifs is 1. The van der Waals surface area contributed by atoms with Crippen molar-refractivity contribution in [3.05, 3.63) is 12.0 Å². The number of amides is 1. The van der Waals surface area contributed by atoms with Gasteiger partial charge in [-0.1, -0.05) is 5.16 Å². The lowest BCUT2D eigenvalue weighted by molar-refractivity contribution is -0.145. The molecule has 1 aliphatic rings. The van der Waals surface area contributed by atoms with Gasteiger partial charge in [0, 0.05) is 13.0 Å². The largest absolute Gasteiger partial charge is 0.469 e. The number of hydrogen-bond acceptors (Lipinski definition) is 7. The summed E-state index contributed by atoms with van der Waals surface area (Å²) in [4.78, 5) is 33.2. The Labute approximate surface area is 113 Å². The molecule has 8 heteroatoms. The molecule has 1 amide bonds. The van der Waals surface area contributed by atoms with E-state index in [1.54, 1.807) is 6.92 Å². The Balaban J connectivity index is 2.01. The highest BCUT2D eigenvalue weighted by Gasteiger charge is 2.37. The van der Waals surface area contributed by atoms with Crippen LogP contribution in [0.2, 0.25) is 0 Å². The Morgan fingerprint density at radius 1 is 1.50 bits per heavy atom. The maximum atomic E-state index is 12.1. The Kier molecular flexibility index (Phi) is 2.85. The van der Waals surface area contributed by atoms with Crippen LogP contribution in [0.4, 0.5) is 5.82 Å². The van der Waals surface area contributed by atoms with E-state index in [2.05, 4.69) is 19.9 Å². The summed E-state index contributed by atoms with van der Waals surface area (Å²) in [5.74, 6) is -0.628. The Morgan fingerprint density at radius 2 is 2.30 bits per heavy atom. The molecule has 1 aliphatic heterocycles. The van der Waals surface area contributed by atoms with Crippen molar-refractivity contribution < 1.29 is 18.8 Å². The SMILES string of the molecule is COC(=O)C1CC(=O)N(c2ncnc3onc(C)c23)C1. The smallest absolute Gasteiger partial charge is 0.311 e. The zero-order valence-electron chi connectivity index (χ0n) is 11.0. The lowest BCUT2D eigenvalue weighted by atomic mass is 10.1. The molecule has 0 aromatic carbocycles. The van der Waals surface area contributed by atoms with E-state index in [4.69, 9.17) is 4.52 Å². The maximum Gasteiger partial charge on any atom is 0.311 e. The van der Waals surface area contributed by atoms with Gasteiger partial charge in [0.2, 0.25) is 5.91 Å². The number of hydrogen-bond donors (Lipinski definition) is 0. The quantitative estimate of drug-likeness (QED) is 0.734. The minimum atomic E-state index is -0.474. The molecule has 3 rings (SSSR count). The van der Waals surface area contributed by atoms with Crippen molar-refractivity contribution in [3.8, 4) is 0 Å². The molecule has 8 nitrogen and oxygen atoms in total. The third-order valence-corrected chi connectivity index (χ3v) is 3.34. The summed E-state index contributed by atoms with van der Waals surface area (Å²) in [5.41, 5.74) is 0.923. The molecule has 1 atom stereocenters. The second kappa shape index (κ2) is 4.55. The highest BCUT2D eigenvalue weighted by Crippen LogP contribution is 2.30. The topological polar surface area (TPSA) is 98.4 Å². The molecule has 1 fully saturated rings. The Bertz CT molecular complexity index is 696. The van der Waals surface area contributed by atoms with Gasteiger partial charge < -0.3 is 9.26 Å². The number of aryl methyl sites for hydroxylation is 1. The van der Waals surface area contributed by atoms with Gasteiger partial charge in [-0.2, -0.15) is 4.98 Å². The number of rotatable bonds is 2. The molecular weight excluding hydrogens is 264 g/mol. The Hall–Kier alpha value is -2.51. The van der Waals surface area contributed by atoms with Crippen LogP contribution in [0.3, 0.4) is 0 Å². The summed E-state index contributed by atoms with van der Waals surface area (Å²) in [6.45, 7) is 1.99. The van der Waals surface area contributed by atoms with E-state index in [1.807, 2.05) is 0 Å². The van der Waals surface area contributed by atoms with Crippen LogP contribution in [0, 0.1) is 12.8 Å². The molecule has 1 unspecified atom stereocenters.